The van der Waals surface area contributed by atoms with Crippen molar-refractivity contribution in [3.8, 4) is 89.5 Å². The minimum absolute atomic E-state index is 0.0950. The predicted octanol–water partition coefficient (Wildman–Crippen LogP) is 20.7. The summed E-state index contributed by atoms with van der Waals surface area (Å²) in [7, 11) is 0. The molecule has 0 saturated carbocycles. The van der Waals surface area contributed by atoms with Gasteiger partial charge >= 0.3 is 0 Å². The van der Waals surface area contributed by atoms with E-state index in [1.54, 1.807) is 0 Å². The van der Waals surface area contributed by atoms with Crippen LogP contribution in [0.2, 0.25) is 0 Å². The summed E-state index contributed by atoms with van der Waals surface area (Å²) in [5.41, 5.74) is 31.2. The highest BCUT2D eigenvalue weighted by Crippen LogP contribution is 2.51. The molecular weight excluding hydrogens is 1100 g/mol. The van der Waals surface area contributed by atoms with Crippen LogP contribution in [0.4, 0.5) is 0 Å². The molecule has 0 unspecified atom stereocenters. The Hall–Kier alpha value is -9.84. The maximum atomic E-state index is 5.10. The van der Waals surface area contributed by atoms with Crippen LogP contribution in [0.25, 0.3) is 133 Å². The molecule has 14 aromatic rings. The highest BCUT2D eigenvalue weighted by atomic mass is 15.0. The Labute approximate surface area is 536 Å². The summed E-state index contributed by atoms with van der Waals surface area (Å²) in [6, 6.07) is 85.7. The lowest BCUT2D eigenvalue weighted by Crippen LogP contribution is -2.59. The summed E-state index contributed by atoms with van der Waals surface area (Å²) in [6.07, 6.45) is 3.77. The molecule has 2 aliphatic heterocycles. The maximum Gasteiger partial charge on any atom is 0.252 e. The predicted molar refractivity (Wildman–Crippen MR) is 388 cm³/mol. The van der Waals surface area contributed by atoms with Gasteiger partial charge in [0.05, 0.1) is 22.1 Å². The molecule has 442 valence electrons. The minimum atomic E-state index is -0.169. The van der Waals surface area contributed by atoms with Crippen LogP contribution in [0.15, 0.2) is 237 Å². The highest BCUT2D eigenvalue weighted by Gasteiger charge is 2.43. The molecule has 3 aromatic heterocycles. The van der Waals surface area contributed by atoms with E-state index >= 15 is 0 Å². The van der Waals surface area contributed by atoms with E-state index in [0.717, 1.165) is 28.0 Å². The van der Waals surface area contributed by atoms with Gasteiger partial charge < -0.3 is 9.13 Å². The van der Waals surface area contributed by atoms with Crippen molar-refractivity contribution in [2.45, 2.75) is 105 Å². The second-order valence-electron chi connectivity index (χ2n) is 29.9. The van der Waals surface area contributed by atoms with Crippen LogP contribution < -0.4 is 16.4 Å². The third kappa shape index (κ3) is 9.09. The molecule has 16 rings (SSSR count). The summed E-state index contributed by atoms with van der Waals surface area (Å²) in [6.45, 7) is 28.1. The Kier molecular flexibility index (Phi) is 12.6. The Morgan fingerprint density at radius 3 is 0.989 bits per heavy atom. The Morgan fingerprint density at radius 1 is 0.286 bits per heavy atom. The molecule has 0 aliphatic carbocycles. The summed E-state index contributed by atoms with van der Waals surface area (Å²) < 4.78 is 5.34. The molecule has 5 heterocycles. The van der Waals surface area contributed by atoms with Crippen molar-refractivity contribution in [1.29, 1.82) is 0 Å². The monoisotopic (exact) mass is 1170 g/mol. The average Bonchev–Trinajstić information content (AvgIpc) is 1.54. The summed E-state index contributed by atoms with van der Waals surface area (Å²) >= 11 is 0. The van der Waals surface area contributed by atoms with Crippen LogP contribution in [0.1, 0.15) is 105 Å². The first kappa shape index (κ1) is 56.4. The van der Waals surface area contributed by atoms with Crippen LogP contribution >= 0.6 is 0 Å². The number of aromatic nitrogens is 4. The SMILES string of the molecule is CC(C)(C)c1cc(-c2ccc3c4c2c2c(-c5ccccc5)cc(-c5ccccc5)cc2n4-c2cc(-c4ncccn4)cc4c2B3c2ccc(-c3cc(C(C)(C)C)cc(C(C)(C)C)c3)c3c5c(-c6ccccc6)cc(-c6ccccc6)cc5n-4c23)cc(C(C)(C)C)c1. The Balaban J connectivity index is 1.14. The molecule has 0 bridgehead atoms. The summed E-state index contributed by atoms with van der Waals surface area (Å²) in [5, 5.41) is 5.00. The molecule has 0 atom stereocenters. The fraction of sp³-hybridized carbons (Fsp3) is 0.186. The van der Waals surface area contributed by atoms with Crippen molar-refractivity contribution < 1.29 is 0 Å². The van der Waals surface area contributed by atoms with Gasteiger partial charge in [0.1, 0.15) is 0 Å². The molecule has 11 aromatic carbocycles. The van der Waals surface area contributed by atoms with Crippen LogP contribution in [0, 0.1) is 0 Å². The van der Waals surface area contributed by atoms with Gasteiger partial charge in [-0.3, -0.25) is 0 Å². The molecule has 0 amide bonds. The molecule has 0 fully saturated rings. The highest BCUT2D eigenvalue weighted by molar-refractivity contribution is 7.00. The lowest BCUT2D eigenvalue weighted by atomic mass is 9.34. The first-order valence-corrected chi connectivity index (χ1v) is 32.5. The number of fused-ring (bicyclic) bond motifs is 10. The van der Waals surface area contributed by atoms with Crippen molar-refractivity contribution in [2.24, 2.45) is 0 Å². The van der Waals surface area contributed by atoms with E-state index < -0.39 is 0 Å². The lowest BCUT2D eigenvalue weighted by molar-refractivity contribution is 0.568. The van der Waals surface area contributed by atoms with Crippen molar-refractivity contribution in [2.75, 3.05) is 0 Å². The van der Waals surface area contributed by atoms with Gasteiger partial charge in [-0.2, -0.15) is 0 Å². The van der Waals surface area contributed by atoms with Crippen molar-refractivity contribution in [1.82, 2.24) is 19.1 Å². The number of hydrogen-bond acceptors (Lipinski definition) is 2. The second-order valence-corrected chi connectivity index (χ2v) is 29.9. The Bertz CT molecular complexity index is 4900. The third-order valence-electron chi connectivity index (χ3n) is 19.8. The molecule has 0 spiro atoms. The van der Waals surface area contributed by atoms with Crippen molar-refractivity contribution in [3.05, 3.63) is 259 Å². The smallest absolute Gasteiger partial charge is 0.252 e. The first-order chi connectivity index (χ1) is 43.7. The standard InChI is InChI=1S/C86H75BN4/c1-83(2,3)61-40-58(41-62(50-61)84(4,5)6)65-34-36-69-80-77(65)75-67(54-30-21-15-22-31-54)44-56(52-26-17-13-18-27-52)46-71(75)90(80)73-48-60(82-88-38-25-39-89-82)49-74-79(73)87(69)70-37-35-66(59-42-63(85(7,8)9)51-64(43-59)86(10,11)12)78-76-68(55-32-23-16-24-33-55)45-57(53-28-19-14-20-29-53)47-72(76)91(74)81(70)78/h13-51H,1-12H3. The maximum absolute atomic E-state index is 5.10. The average molecular weight is 1180 g/mol. The molecule has 91 heavy (non-hydrogen) atoms. The van der Waals surface area contributed by atoms with Gasteiger partial charge in [-0.05, 0) is 170 Å². The van der Waals surface area contributed by atoms with Gasteiger partial charge in [0, 0.05) is 50.9 Å². The number of rotatable bonds is 7. The lowest BCUT2D eigenvalue weighted by Gasteiger charge is -2.34. The van der Waals surface area contributed by atoms with Gasteiger partial charge in [0.15, 0.2) is 5.82 Å². The van der Waals surface area contributed by atoms with Gasteiger partial charge in [0.2, 0.25) is 0 Å². The van der Waals surface area contributed by atoms with Crippen LogP contribution in [-0.2, 0) is 21.7 Å². The summed E-state index contributed by atoms with van der Waals surface area (Å²) in [4.78, 5) is 10.2. The Morgan fingerprint density at radius 2 is 0.637 bits per heavy atom. The number of benzene rings is 11. The van der Waals surface area contributed by atoms with Crippen LogP contribution in [-0.4, -0.2) is 25.8 Å². The van der Waals surface area contributed by atoms with Gasteiger partial charge in [-0.1, -0.05) is 265 Å². The molecule has 5 heteroatoms. The third-order valence-corrected chi connectivity index (χ3v) is 19.8. The van der Waals surface area contributed by atoms with E-state index in [-0.39, 0.29) is 28.4 Å². The van der Waals surface area contributed by atoms with Gasteiger partial charge in [0.25, 0.3) is 6.71 Å². The van der Waals surface area contributed by atoms with Crippen LogP contribution in [0.5, 0.6) is 0 Å². The minimum Gasteiger partial charge on any atom is -0.310 e. The van der Waals surface area contributed by atoms with Crippen molar-refractivity contribution in [3.63, 3.8) is 0 Å². The number of nitrogens with zero attached hydrogens (tertiary/aromatic N) is 4. The second kappa shape index (κ2) is 20.3. The topological polar surface area (TPSA) is 35.6 Å². The molecule has 4 nitrogen and oxygen atoms in total. The van der Waals surface area contributed by atoms with E-state index in [2.05, 4.69) is 311 Å². The van der Waals surface area contributed by atoms with E-state index in [1.807, 2.05) is 18.5 Å². The largest absolute Gasteiger partial charge is 0.310 e. The van der Waals surface area contributed by atoms with E-state index in [4.69, 9.17) is 9.97 Å². The molecular formula is C86H75BN4. The zero-order valence-corrected chi connectivity index (χ0v) is 54.4. The fourth-order valence-corrected chi connectivity index (χ4v) is 15.0. The van der Waals surface area contributed by atoms with Crippen LogP contribution in [0.3, 0.4) is 0 Å². The summed E-state index contributed by atoms with van der Waals surface area (Å²) in [5.74, 6) is 0.685. The van der Waals surface area contributed by atoms with Gasteiger partial charge in [-0.25, -0.2) is 9.97 Å². The van der Waals surface area contributed by atoms with E-state index in [0.29, 0.717) is 5.82 Å². The normalized spacial score (nSPS) is 13.0. The molecule has 2 aliphatic rings. The fourth-order valence-electron chi connectivity index (χ4n) is 15.0. The van der Waals surface area contributed by atoms with Gasteiger partial charge in [-0.15, -0.1) is 0 Å². The number of hydrogen-bond donors (Lipinski definition) is 0. The molecule has 0 saturated heterocycles. The zero-order valence-electron chi connectivity index (χ0n) is 54.4. The zero-order chi connectivity index (χ0) is 62.6. The van der Waals surface area contributed by atoms with Crippen molar-refractivity contribution >= 4 is 66.7 Å². The molecule has 0 N–H and O–H groups in total. The first-order valence-electron chi connectivity index (χ1n) is 32.5. The van der Waals surface area contributed by atoms with E-state index in [9.17, 15) is 0 Å². The molecule has 0 radical (unpaired) electrons. The van der Waals surface area contributed by atoms with E-state index in [1.165, 1.54) is 138 Å². The quantitative estimate of drug-likeness (QED) is 0.149.